The monoisotopic (exact) mass is 178 g/mol. The van der Waals surface area contributed by atoms with Crippen LogP contribution in [-0.4, -0.2) is 17.6 Å². The van der Waals surface area contributed by atoms with Crippen molar-refractivity contribution < 1.29 is 5.11 Å². The van der Waals surface area contributed by atoms with Crippen LogP contribution < -0.4 is 0 Å². The van der Waals surface area contributed by atoms with Crippen LogP contribution in [0.25, 0.3) is 0 Å². The third-order valence-corrected chi connectivity index (χ3v) is 2.41. The summed E-state index contributed by atoms with van der Waals surface area (Å²) >= 11 is 5.71. The van der Waals surface area contributed by atoms with Gasteiger partial charge in [-0.3, -0.25) is 0 Å². The fourth-order valence-electron chi connectivity index (χ4n) is 1.16. The molecular formula is C9H19ClO. The van der Waals surface area contributed by atoms with Crippen molar-refractivity contribution in [1.29, 1.82) is 0 Å². The van der Waals surface area contributed by atoms with E-state index in [9.17, 15) is 0 Å². The van der Waals surface area contributed by atoms with Gasteiger partial charge in [0.1, 0.15) is 0 Å². The summed E-state index contributed by atoms with van der Waals surface area (Å²) in [7, 11) is 0. The zero-order valence-corrected chi connectivity index (χ0v) is 8.11. The van der Waals surface area contributed by atoms with E-state index in [1.54, 1.807) is 0 Å². The third-order valence-electron chi connectivity index (χ3n) is 1.97. The van der Waals surface area contributed by atoms with Crippen LogP contribution in [-0.2, 0) is 0 Å². The Morgan fingerprint density at radius 1 is 1.27 bits per heavy atom. The molecular weight excluding hydrogens is 160 g/mol. The first kappa shape index (κ1) is 11.2. The number of hydrogen-bond donors (Lipinski definition) is 1. The van der Waals surface area contributed by atoms with Crippen LogP contribution >= 0.6 is 11.6 Å². The molecule has 0 heterocycles. The van der Waals surface area contributed by atoms with Crippen molar-refractivity contribution in [2.24, 2.45) is 5.92 Å². The van der Waals surface area contributed by atoms with Gasteiger partial charge >= 0.3 is 0 Å². The molecule has 0 spiro atoms. The molecule has 68 valence electrons. The number of halogens is 1. The van der Waals surface area contributed by atoms with Crippen LogP contribution in [0, 0.1) is 5.92 Å². The second kappa shape index (κ2) is 8.35. The van der Waals surface area contributed by atoms with Gasteiger partial charge in [0.2, 0.25) is 0 Å². The maximum Gasteiger partial charge on any atom is 0.0434 e. The number of aliphatic hydroxyl groups is 1. The van der Waals surface area contributed by atoms with Gasteiger partial charge in [0.05, 0.1) is 0 Å². The molecule has 0 fully saturated rings. The van der Waals surface area contributed by atoms with E-state index in [1.165, 1.54) is 25.7 Å². The van der Waals surface area contributed by atoms with E-state index in [1.807, 2.05) is 0 Å². The smallest absolute Gasteiger partial charge is 0.0434 e. The lowest BCUT2D eigenvalue weighted by molar-refractivity contribution is 0.258. The highest BCUT2D eigenvalue weighted by Gasteiger charge is 2.04. The molecule has 0 aliphatic heterocycles. The molecule has 0 aliphatic rings. The van der Waals surface area contributed by atoms with Crippen LogP contribution in [0.5, 0.6) is 0 Å². The molecule has 0 aliphatic carbocycles. The van der Waals surface area contributed by atoms with Gasteiger partial charge in [-0.15, -0.1) is 11.6 Å². The van der Waals surface area contributed by atoms with Crippen molar-refractivity contribution in [1.82, 2.24) is 0 Å². The zero-order chi connectivity index (χ0) is 8.53. The van der Waals surface area contributed by atoms with Gasteiger partial charge in [0.15, 0.2) is 0 Å². The molecule has 0 saturated carbocycles. The minimum atomic E-state index is 0.281. The highest BCUT2D eigenvalue weighted by molar-refractivity contribution is 6.18. The summed E-state index contributed by atoms with van der Waals surface area (Å²) in [5.74, 6) is 1.23. The summed E-state index contributed by atoms with van der Waals surface area (Å²) in [5, 5.41) is 8.67. The van der Waals surface area contributed by atoms with Crippen molar-refractivity contribution in [3.63, 3.8) is 0 Å². The standard InChI is InChI=1S/C9H19ClO/c1-2-3-4-5-9(8-10)6-7-11/h9,11H,2-8H2,1H3. The number of rotatable bonds is 7. The molecule has 1 N–H and O–H groups in total. The summed E-state index contributed by atoms with van der Waals surface area (Å²) in [6.07, 6.45) is 5.85. The van der Waals surface area contributed by atoms with Gasteiger partial charge in [-0.1, -0.05) is 26.2 Å². The quantitative estimate of drug-likeness (QED) is 0.470. The van der Waals surface area contributed by atoms with Crippen LogP contribution in [0.2, 0.25) is 0 Å². The lowest BCUT2D eigenvalue weighted by atomic mass is 10.0. The summed E-state index contributed by atoms with van der Waals surface area (Å²) < 4.78 is 0. The summed E-state index contributed by atoms with van der Waals surface area (Å²) in [6.45, 7) is 2.48. The molecule has 0 aromatic rings. The fraction of sp³-hybridized carbons (Fsp3) is 1.00. The number of aliphatic hydroxyl groups excluding tert-OH is 1. The predicted molar refractivity (Wildman–Crippen MR) is 50.1 cm³/mol. The minimum absolute atomic E-state index is 0.281. The van der Waals surface area contributed by atoms with E-state index in [0.717, 1.165) is 6.42 Å². The largest absolute Gasteiger partial charge is 0.396 e. The molecule has 0 bridgehead atoms. The SMILES string of the molecule is CCCCCC(CCl)CCO. The molecule has 1 unspecified atom stereocenters. The highest BCUT2D eigenvalue weighted by atomic mass is 35.5. The van der Waals surface area contributed by atoms with Crippen LogP contribution in [0.4, 0.5) is 0 Å². The maximum absolute atomic E-state index is 8.67. The van der Waals surface area contributed by atoms with Crippen LogP contribution in [0.1, 0.15) is 39.0 Å². The normalized spacial score (nSPS) is 13.4. The molecule has 0 aromatic heterocycles. The lowest BCUT2D eigenvalue weighted by Crippen LogP contribution is -2.04. The Morgan fingerprint density at radius 3 is 2.45 bits per heavy atom. The lowest BCUT2D eigenvalue weighted by Gasteiger charge is -2.10. The van der Waals surface area contributed by atoms with Gasteiger partial charge in [0.25, 0.3) is 0 Å². The molecule has 1 nitrogen and oxygen atoms in total. The van der Waals surface area contributed by atoms with E-state index < -0.39 is 0 Å². The molecule has 0 radical (unpaired) electrons. The molecule has 11 heavy (non-hydrogen) atoms. The van der Waals surface area contributed by atoms with Gasteiger partial charge < -0.3 is 5.11 Å². The van der Waals surface area contributed by atoms with Crippen molar-refractivity contribution in [3.8, 4) is 0 Å². The first-order valence-corrected chi connectivity index (χ1v) is 5.05. The van der Waals surface area contributed by atoms with E-state index in [2.05, 4.69) is 6.92 Å². The Hall–Kier alpha value is 0.250. The third kappa shape index (κ3) is 6.64. The van der Waals surface area contributed by atoms with Gasteiger partial charge in [-0.05, 0) is 18.8 Å². The maximum atomic E-state index is 8.67. The summed E-state index contributed by atoms with van der Waals surface area (Å²) in [6, 6.07) is 0. The zero-order valence-electron chi connectivity index (χ0n) is 7.35. The average molecular weight is 179 g/mol. The molecule has 0 amide bonds. The van der Waals surface area contributed by atoms with Crippen LogP contribution in [0.15, 0.2) is 0 Å². The van der Waals surface area contributed by atoms with Gasteiger partial charge in [0, 0.05) is 12.5 Å². The number of unbranched alkanes of at least 4 members (excludes halogenated alkanes) is 2. The highest BCUT2D eigenvalue weighted by Crippen LogP contribution is 2.14. The predicted octanol–water partition coefficient (Wildman–Crippen LogP) is 2.80. The molecule has 2 heteroatoms. The van der Waals surface area contributed by atoms with Gasteiger partial charge in [-0.2, -0.15) is 0 Å². The summed E-state index contributed by atoms with van der Waals surface area (Å²) in [5.41, 5.74) is 0. The second-order valence-corrected chi connectivity index (χ2v) is 3.34. The Morgan fingerprint density at radius 2 is 2.00 bits per heavy atom. The fourth-order valence-corrected chi connectivity index (χ4v) is 1.47. The molecule has 0 aromatic carbocycles. The molecule has 0 saturated heterocycles. The Bertz CT molecular complexity index is 76.0. The van der Waals surface area contributed by atoms with E-state index >= 15 is 0 Å². The van der Waals surface area contributed by atoms with Crippen molar-refractivity contribution in [2.75, 3.05) is 12.5 Å². The van der Waals surface area contributed by atoms with Crippen LogP contribution in [0.3, 0.4) is 0 Å². The van der Waals surface area contributed by atoms with Crippen molar-refractivity contribution in [2.45, 2.75) is 39.0 Å². The van der Waals surface area contributed by atoms with Crippen molar-refractivity contribution >= 4 is 11.6 Å². The van der Waals surface area contributed by atoms with Crippen molar-refractivity contribution in [3.05, 3.63) is 0 Å². The second-order valence-electron chi connectivity index (χ2n) is 3.03. The van der Waals surface area contributed by atoms with E-state index in [4.69, 9.17) is 16.7 Å². The summed E-state index contributed by atoms with van der Waals surface area (Å²) in [4.78, 5) is 0. The van der Waals surface area contributed by atoms with E-state index in [0.29, 0.717) is 11.8 Å². The average Bonchev–Trinajstić information content (AvgIpc) is 2.03. The number of hydrogen-bond acceptors (Lipinski definition) is 1. The Balaban J connectivity index is 3.20. The Labute approximate surface area is 74.8 Å². The topological polar surface area (TPSA) is 20.2 Å². The molecule has 0 rings (SSSR count). The minimum Gasteiger partial charge on any atom is -0.396 e. The number of alkyl halides is 1. The molecule has 1 atom stereocenters. The Kier molecular flexibility index (Phi) is 8.54. The first-order valence-electron chi connectivity index (χ1n) is 4.52. The van der Waals surface area contributed by atoms with E-state index in [-0.39, 0.29) is 6.61 Å². The van der Waals surface area contributed by atoms with Gasteiger partial charge in [-0.25, -0.2) is 0 Å². The first-order chi connectivity index (χ1) is 5.35.